The van der Waals surface area contributed by atoms with Gasteiger partial charge in [0.25, 0.3) is 0 Å². The lowest BCUT2D eigenvalue weighted by atomic mass is 10.4. The molecule has 5 nitrogen and oxygen atoms in total. The molecule has 0 aliphatic rings. The van der Waals surface area contributed by atoms with Gasteiger partial charge in [0.2, 0.25) is 0 Å². The van der Waals surface area contributed by atoms with Crippen LogP contribution in [0.25, 0.3) is 0 Å². The van der Waals surface area contributed by atoms with Crippen LogP contribution < -0.4 is 0 Å². The summed E-state index contributed by atoms with van der Waals surface area (Å²) in [6, 6.07) is 0. The highest BCUT2D eigenvalue weighted by Gasteiger charge is 2.29. The van der Waals surface area contributed by atoms with Gasteiger partial charge in [-0.1, -0.05) is 13.8 Å². The van der Waals surface area contributed by atoms with Gasteiger partial charge in [0.15, 0.2) is 0 Å². The minimum absolute atomic E-state index is 0.173. The average Bonchev–Trinajstić information content (AvgIpc) is 2.03. The molecule has 0 aromatic carbocycles. The third-order valence-corrected chi connectivity index (χ3v) is 1.97. The van der Waals surface area contributed by atoms with Crippen LogP contribution in [0.3, 0.4) is 0 Å². The number of rotatable bonds is 6. The molecule has 0 spiro atoms. The molecular weight excluding hydrogens is 207 g/mol. The third kappa shape index (κ3) is 6.54. The molecule has 14 heavy (non-hydrogen) atoms. The van der Waals surface area contributed by atoms with Gasteiger partial charge in [0.05, 0.1) is 12.8 Å². The molecule has 0 amide bonds. The fourth-order valence-corrected chi connectivity index (χ4v) is 1.24. The zero-order valence-corrected chi connectivity index (χ0v) is 9.21. The van der Waals surface area contributed by atoms with Gasteiger partial charge in [-0.25, -0.2) is 9.59 Å². The zero-order valence-electron chi connectivity index (χ0n) is 8.32. The fourth-order valence-electron chi connectivity index (χ4n) is 0.684. The smallest absolute Gasteiger partial charge is 0.247 e. The Labute approximate surface area is 83.7 Å². The van der Waals surface area contributed by atoms with Crippen molar-refractivity contribution in [3.63, 3.8) is 0 Å². The van der Waals surface area contributed by atoms with Gasteiger partial charge in [0, 0.05) is 4.57 Å². The summed E-state index contributed by atoms with van der Waals surface area (Å²) in [6.07, 6.45) is 1.55. The lowest BCUT2D eigenvalue weighted by Crippen LogP contribution is -2.02. The molecule has 0 aromatic heterocycles. The Bertz CT molecular complexity index is 204. The summed E-state index contributed by atoms with van der Waals surface area (Å²) in [5.74, 6) is -1.23. The van der Waals surface area contributed by atoms with Crippen molar-refractivity contribution in [1.82, 2.24) is 0 Å². The van der Waals surface area contributed by atoms with Crippen molar-refractivity contribution in [2.75, 3.05) is 0 Å². The molecule has 0 N–H and O–H groups in total. The topological polar surface area (TPSA) is 69.7 Å². The number of hydrogen-bond donors (Lipinski definition) is 0. The summed E-state index contributed by atoms with van der Waals surface area (Å²) < 4.78 is 19.5. The molecule has 80 valence electrons. The number of carbonyl (C=O) groups is 2. The minimum Gasteiger partial charge on any atom is -0.247 e. The van der Waals surface area contributed by atoms with Crippen molar-refractivity contribution in [3.05, 3.63) is 0 Å². The van der Waals surface area contributed by atoms with E-state index in [2.05, 4.69) is 9.05 Å². The minimum atomic E-state index is -2.63. The first-order valence-electron chi connectivity index (χ1n) is 4.49. The molecule has 0 aromatic rings. The maximum atomic E-state index is 10.9. The van der Waals surface area contributed by atoms with Crippen LogP contribution in [-0.4, -0.2) is 11.9 Å². The number of carbonyl (C=O) groups excluding carboxylic acids is 2. The SMILES string of the molecule is CCCC(=O)O[P+](=O)OC(=O)CCC. The van der Waals surface area contributed by atoms with Crippen LogP contribution in [0.1, 0.15) is 39.5 Å². The van der Waals surface area contributed by atoms with Crippen molar-refractivity contribution < 1.29 is 23.2 Å². The highest BCUT2D eigenvalue weighted by atomic mass is 31.1. The molecule has 0 aliphatic heterocycles. The quantitative estimate of drug-likeness (QED) is 0.643. The van der Waals surface area contributed by atoms with E-state index in [1.54, 1.807) is 13.8 Å². The maximum absolute atomic E-state index is 10.9. The summed E-state index contributed by atoms with van der Waals surface area (Å²) in [7, 11) is -2.63. The van der Waals surface area contributed by atoms with Crippen molar-refractivity contribution in [3.8, 4) is 0 Å². The first-order valence-corrected chi connectivity index (χ1v) is 5.58. The van der Waals surface area contributed by atoms with Gasteiger partial charge in [0.1, 0.15) is 0 Å². The summed E-state index contributed by atoms with van der Waals surface area (Å²) in [5.41, 5.74) is 0. The Morgan fingerprint density at radius 3 is 1.64 bits per heavy atom. The molecule has 0 rings (SSSR count). The van der Waals surface area contributed by atoms with Crippen LogP contribution in [-0.2, 0) is 23.2 Å². The molecule has 0 saturated carbocycles. The summed E-state index contributed by atoms with van der Waals surface area (Å²) >= 11 is 0. The summed E-state index contributed by atoms with van der Waals surface area (Å²) in [4.78, 5) is 21.6. The molecule has 6 heteroatoms. The lowest BCUT2D eigenvalue weighted by Gasteiger charge is -1.90. The highest BCUT2D eigenvalue weighted by molar-refractivity contribution is 7.34. The Morgan fingerprint density at radius 1 is 1.00 bits per heavy atom. The normalized spacial score (nSPS) is 9.29. The van der Waals surface area contributed by atoms with E-state index in [0.29, 0.717) is 12.8 Å². The molecule has 0 radical (unpaired) electrons. The standard InChI is InChI=1S/C8H14O5P/c1-3-5-7(9)12-14(11)13-8(10)6-4-2/h3-6H2,1-2H3/q+1. The monoisotopic (exact) mass is 221 g/mol. The van der Waals surface area contributed by atoms with Gasteiger partial charge >= 0.3 is 20.2 Å². The second-order valence-corrected chi connectivity index (χ2v) is 3.46. The van der Waals surface area contributed by atoms with Crippen LogP contribution in [0, 0.1) is 0 Å². The molecule has 0 unspecified atom stereocenters. The van der Waals surface area contributed by atoms with E-state index in [9.17, 15) is 14.2 Å². The highest BCUT2D eigenvalue weighted by Crippen LogP contribution is 2.25. The van der Waals surface area contributed by atoms with Gasteiger partial charge in [-0.05, 0) is 12.8 Å². The van der Waals surface area contributed by atoms with E-state index in [1.807, 2.05) is 0 Å². The van der Waals surface area contributed by atoms with Crippen LogP contribution in [0.5, 0.6) is 0 Å². The molecule has 0 atom stereocenters. The first kappa shape index (κ1) is 13.0. The fraction of sp³-hybridized carbons (Fsp3) is 0.750. The lowest BCUT2D eigenvalue weighted by molar-refractivity contribution is -0.137. The van der Waals surface area contributed by atoms with E-state index in [-0.39, 0.29) is 12.8 Å². The van der Waals surface area contributed by atoms with Crippen LogP contribution >= 0.6 is 8.25 Å². The van der Waals surface area contributed by atoms with E-state index in [4.69, 9.17) is 0 Å². The number of hydrogen-bond acceptors (Lipinski definition) is 5. The molecule has 0 aliphatic carbocycles. The predicted molar refractivity (Wildman–Crippen MR) is 49.6 cm³/mol. The van der Waals surface area contributed by atoms with E-state index >= 15 is 0 Å². The first-order chi connectivity index (χ1) is 6.60. The summed E-state index contributed by atoms with van der Waals surface area (Å²) in [5, 5.41) is 0. The van der Waals surface area contributed by atoms with Gasteiger partial charge in [-0.15, -0.1) is 0 Å². The zero-order chi connectivity index (χ0) is 11.0. The van der Waals surface area contributed by atoms with Gasteiger partial charge in [-0.2, -0.15) is 9.05 Å². The Morgan fingerprint density at radius 2 is 1.36 bits per heavy atom. The Kier molecular flexibility index (Phi) is 6.93. The molecule has 0 fully saturated rings. The molecular formula is C8H14O5P+. The van der Waals surface area contributed by atoms with Crippen LogP contribution in [0.4, 0.5) is 0 Å². The van der Waals surface area contributed by atoms with Crippen molar-refractivity contribution in [2.45, 2.75) is 39.5 Å². The summed E-state index contributed by atoms with van der Waals surface area (Å²) in [6.45, 7) is 3.58. The second kappa shape index (κ2) is 7.44. The van der Waals surface area contributed by atoms with E-state index < -0.39 is 20.2 Å². The van der Waals surface area contributed by atoms with Crippen molar-refractivity contribution in [2.24, 2.45) is 0 Å². The molecule has 0 bridgehead atoms. The second-order valence-electron chi connectivity index (χ2n) is 2.65. The largest absolute Gasteiger partial charge is 0.811 e. The predicted octanol–water partition coefficient (Wildman–Crippen LogP) is 2.33. The van der Waals surface area contributed by atoms with E-state index in [0.717, 1.165) is 0 Å². The van der Waals surface area contributed by atoms with Crippen LogP contribution in [0.15, 0.2) is 0 Å². The van der Waals surface area contributed by atoms with E-state index in [1.165, 1.54) is 0 Å². The average molecular weight is 221 g/mol. The van der Waals surface area contributed by atoms with Crippen LogP contribution in [0.2, 0.25) is 0 Å². The third-order valence-electron chi connectivity index (χ3n) is 1.26. The van der Waals surface area contributed by atoms with Gasteiger partial charge in [-0.3, -0.25) is 0 Å². The Balaban J connectivity index is 3.75. The maximum Gasteiger partial charge on any atom is 0.811 e. The van der Waals surface area contributed by atoms with Crippen molar-refractivity contribution >= 4 is 20.2 Å². The molecule has 0 heterocycles. The Hall–Kier alpha value is -0.960. The van der Waals surface area contributed by atoms with Crippen molar-refractivity contribution in [1.29, 1.82) is 0 Å². The van der Waals surface area contributed by atoms with Gasteiger partial charge < -0.3 is 0 Å². The molecule has 0 saturated heterocycles.